The van der Waals surface area contributed by atoms with Crippen molar-refractivity contribution in [1.29, 1.82) is 0 Å². The van der Waals surface area contributed by atoms with Crippen molar-refractivity contribution in [3.05, 3.63) is 28.2 Å². The molecule has 0 bridgehead atoms. The molecular formula is C14H19BrN2O2. The van der Waals surface area contributed by atoms with Gasteiger partial charge in [0.25, 0.3) is 5.91 Å². The summed E-state index contributed by atoms with van der Waals surface area (Å²) in [6, 6.07) is 5.64. The number of rotatable bonds is 1. The molecular weight excluding hydrogens is 308 g/mol. The fourth-order valence-electron chi connectivity index (χ4n) is 2.40. The lowest BCUT2D eigenvalue weighted by Gasteiger charge is -2.42. The molecule has 2 atom stereocenters. The largest absolute Gasteiger partial charge is 0.507 e. The number of carbonyl (C=O) groups is 1. The lowest BCUT2D eigenvalue weighted by atomic mass is 10.1. The Morgan fingerprint density at radius 3 is 2.42 bits per heavy atom. The van der Waals surface area contributed by atoms with Crippen molar-refractivity contribution in [2.24, 2.45) is 0 Å². The number of likely N-dealkylation sites (N-methyl/N-ethyl adjacent to an activating group) is 1. The van der Waals surface area contributed by atoms with Crippen LogP contribution < -0.4 is 0 Å². The fourth-order valence-corrected chi connectivity index (χ4v) is 2.65. The third kappa shape index (κ3) is 2.92. The summed E-state index contributed by atoms with van der Waals surface area (Å²) < 4.78 is 0.601. The van der Waals surface area contributed by atoms with E-state index in [1.54, 1.807) is 12.1 Å². The summed E-state index contributed by atoms with van der Waals surface area (Å²) in [5.74, 6) is 0.0793. The maximum atomic E-state index is 12.4. The number of hydrogen-bond acceptors (Lipinski definition) is 3. The highest BCUT2D eigenvalue weighted by molar-refractivity contribution is 9.10. The minimum atomic E-state index is -0.0189. The molecule has 19 heavy (non-hydrogen) atoms. The first-order valence-corrected chi connectivity index (χ1v) is 7.19. The molecule has 1 aromatic rings. The number of aromatic hydroxyl groups is 1. The zero-order valence-electron chi connectivity index (χ0n) is 11.4. The topological polar surface area (TPSA) is 43.8 Å². The van der Waals surface area contributed by atoms with Crippen molar-refractivity contribution in [2.45, 2.75) is 25.9 Å². The molecule has 2 unspecified atom stereocenters. The van der Waals surface area contributed by atoms with Crippen molar-refractivity contribution in [1.82, 2.24) is 9.80 Å². The predicted octanol–water partition coefficient (Wildman–Crippen LogP) is 2.32. The Kier molecular flexibility index (Phi) is 4.16. The molecule has 1 fully saturated rings. The highest BCUT2D eigenvalue weighted by Crippen LogP contribution is 2.25. The third-order valence-electron chi connectivity index (χ3n) is 3.84. The Labute approximate surface area is 122 Å². The number of benzene rings is 1. The van der Waals surface area contributed by atoms with Gasteiger partial charge < -0.3 is 10.0 Å². The van der Waals surface area contributed by atoms with Crippen LogP contribution in [0.5, 0.6) is 5.75 Å². The monoisotopic (exact) mass is 326 g/mol. The van der Waals surface area contributed by atoms with Crippen LogP contribution >= 0.6 is 15.9 Å². The number of amides is 1. The second-order valence-corrected chi connectivity index (χ2v) is 6.09. The Morgan fingerprint density at radius 1 is 1.32 bits per heavy atom. The van der Waals surface area contributed by atoms with Gasteiger partial charge in [-0.3, -0.25) is 9.69 Å². The summed E-state index contributed by atoms with van der Waals surface area (Å²) in [6.45, 7) is 5.68. The summed E-state index contributed by atoms with van der Waals surface area (Å²) in [7, 11) is 2.09. The van der Waals surface area contributed by atoms with E-state index in [1.807, 2.05) is 4.90 Å². The van der Waals surface area contributed by atoms with Crippen LogP contribution in [0.4, 0.5) is 0 Å². The molecule has 1 amide bonds. The predicted molar refractivity (Wildman–Crippen MR) is 78.4 cm³/mol. The normalized spacial score (nSPS) is 24.5. The van der Waals surface area contributed by atoms with Crippen molar-refractivity contribution in [3.63, 3.8) is 0 Å². The van der Waals surface area contributed by atoms with Crippen LogP contribution in [0.25, 0.3) is 0 Å². The zero-order chi connectivity index (χ0) is 14.2. The van der Waals surface area contributed by atoms with E-state index in [1.165, 1.54) is 6.07 Å². The maximum Gasteiger partial charge on any atom is 0.254 e. The summed E-state index contributed by atoms with van der Waals surface area (Å²) in [5.41, 5.74) is 0.532. The second kappa shape index (κ2) is 5.51. The van der Waals surface area contributed by atoms with Crippen molar-refractivity contribution in [3.8, 4) is 5.75 Å². The van der Waals surface area contributed by atoms with Crippen LogP contribution in [-0.2, 0) is 0 Å². The molecule has 4 nitrogen and oxygen atoms in total. The first-order valence-electron chi connectivity index (χ1n) is 6.40. The number of nitrogens with zero attached hydrogens (tertiary/aromatic N) is 2. The summed E-state index contributed by atoms with van der Waals surface area (Å²) in [6.07, 6.45) is 0. The minimum Gasteiger partial charge on any atom is -0.507 e. The van der Waals surface area contributed by atoms with Crippen molar-refractivity contribution in [2.75, 3.05) is 20.1 Å². The van der Waals surface area contributed by atoms with Gasteiger partial charge in [0, 0.05) is 30.7 Å². The van der Waals surface area contributed by atoms with E-state index in [9.17, 15) is 9.90 Å². The van der Waals surface area contributed by atoms with Gasteiger partial charge in [0.05, 0.1) is 4.47 Å². The number of phenols is 1. The highest BCUT2D eigenvalue weighted by Gasteiger charge is 2.29. The second-order valence-electron chi connectivity index (χ2n) is 5.24. The van der Waals surface area contributed by atoms with Gasteiger partial charge in [-0.1, -0.05) is 0 Å². The van der Waals surface area contributed by atoms with Crippen LogP contribution in [0.1, 0.15) is 24.2 Å². The van der Waals surface area contributed by atoms with Crippen LogP contribution in [0.2, 0.25) is 0 Å². The van der Waals surface area contributed by atoms with Crippen molar-refractivity contribution >= 4 is 21.8 Å². The minimum absolute atomic E-state index is 0.0189. The quantitative estimate of drug-likeness (QED) is 0.861. The SMILES string of the molecule is CC1CN(C(=O)c2ccc(Br)c(O)c2)CC(C)N1C. The van der Waals surface area contributed by atoms with Gasteiger partial charge in [-0.2, -0.15) is 0 Å². The summed E-state index contributed by atoms with van der Waals surface area (Å²) in [4.78, 5) is 16.6. The van der Waals surface area contributed by atoms with Gasteiger partial charge in [-0.25, -0.2) is 0 Å². The lowest BCUT2D eigenvalue weighted by Crippen LogP contribution is -2.56. The average Bonchev–Trinajstić information content (AvgIpc) is 2.37. The van der Waals surface area contributed by atoms with Gasteiger partial charge in [0.2, 0.25) is 0 Å². The average molecular weight is 327 g/mol. The molecule has 1 aromatic carbocycles. The Hall–Kier alpha value is -1.07. The van der Waals surface area contributed by atoms with Crippen LogP contribution in [0.3, 0.4) is 0 Å². The lowest BCUT2D eigenvalue weighted by molar-refractivity contribution is 0.0414. The number of piperazine rings is 1. The van der Waals surface area contributed by atoms with E-state index in [0.29, 0.717) is 22.1 Å². The standard InChI is InChI=1S/C14H19BrN2O2/c1-9-7-17(8-10(2)16(9)3)14(19)11-4-5-12(15)13(18)6-11/h4-6,9-10,18H,7-8H2,1-3H3. The molecule has 1 saturated heterocycles. The van der Waals surface area contributed by atoms with Gasteiger partial charge >= 0.3 is 0 Å². The molecule has 1 aliphatic rings. The van der Waals surface area contributed by atoms with E-state index in [0.717, 1.165) is 13.1 Å². The molecule has 1 aliphatic heterocycles. The van der Waals surface area contributed by atoms with Crippen LogP contribution in [0.15, 0.2) is 22.7 Å². The van der Waals surface area contributed by atoms with Crippen molar-refractivity contribution < 1.29 is 9.90 Å². The maximum absolute atomic E-state index is 12.4. The number of hydrogen-bond donors (Lipinski definition) is 1. The highest BCUT2D eigenvalue weighted by atomic mass is 79.9. The molecule has 104 valence electrons. The third-order valence-corrected chi connectivity index (χ3v) is 4.51. The van der Waals surface area contributed by atoms with Crippen LogP contribution in [-0.4, -0.2) is 53.0 Å². The molecule has 2 rings (SSSR count). The van der Waals surface area contributed by atoms with Crippen LogP contribution in [0, 0.1) is 0 Å². The molecule has 0 aliphatic carbocycles. The molecule has 1 heterocycles. The van der Waals surface area contributed by atoms with E-state index in [2.05, 4.69) is 41.7 Å². The first kappa shape index (κ1) is 14.3. The molecule has 5 heteroatoms. The van der Waals surface area contributed by atoms with E-state index >= 15 is 0 Å². The molecule has 1 N–H and O–H groups in total. The molecule has 0 aromatic heterocycles. The summed E-state index contributed by atoms with van der Waals surface area (Å²) in [5, 5.41) is 9.67. The van der Waals surface area contributed by atoms with Gasteiger partial charge in [0.15, 0.2) is 0 Å². The smallest absolute Gasteiger partial charge is 0.254 e. The number of halogens is 1. The Balaban J connectivity index is 2.17. The Bertz CT molecular complexity index is 480. The van der Waals surface area contributed by atoms with Gasteiger partial charge in [0.1, 0.15) is 5.75 Å². The van der Waals surface area contributed by atoms with Gasteiger partial charge in [-0.15, -0.1) is 0 Å². The summed E-state index contributed by atoms with van der Waals surface area (Å²) >= 11 is 3.22. The fraction of sp³-hybridized carbons (Fsp3) is 0.500. The molecule has 0 saturated carbocycles. The number of carbonyl (C=O) groups excluding carboxylic acids is 1. The van der Waals surface area contributed by atoms with E-state index in [4.69, 9.17) is 0 Å². The van der Waals surface area contributed by atoms with E-state index < -0.39 is 0 Å². The van der Waals surface area contributed by atoms with Gasteiger partial charge in [-0.05, 0) is 55.0 Å². The molecule has 0 radical (unpaired) electrons. The number of phenolic OH excluding ortho intramolecular Hbond substituents is 1. The Morgan fingerprint density at radius 2 is 1.89 bits per heavy atom. The first-order chi connectivity index (χ1) is 8.90. The molecule has 0 spiro atoms. The van der Waals surface area contributed by atoms with E-state index in [-0.39, 0.29) is 11.7 Å². The zero-order valence-corrected chi connectivity index (χ0v) is 13.0.